The van der Waals surface area contributed by atoms with Gasteiger partial charge < -0.3 is 24.8 Å². The average Bonchev–Trinajstić information content (AvgIpc) is 2.83. The minimum absolute atomic E-state index is 0.195. The second kappa shape index (κ2) is 10.7. The first-order chi connectivity index (χ1) is 15.5. The van der Waals surface area contributed by atoms with Crippen molar-refractivity contribution in [1.82, 2.24) is 5.32 Å². The summed E-state index contributed by atoms with van der Waals surface area (Å²) in [5, 5.41) is 5.68. The molecule has 32 heavy (non-hydrogen) atoms. The molecule has 0 bridgehead atoms. The number of hydrogen-bond donors (Lipinski definition) is 2. The molecule has 0 fully saturated rings. The lowest BCUT2D eigenvalue weighted by Crippen LogP contribution is -2.22. The van der Waals surface area contributed by atoms with Gasteiger partial charge in [0, 0.05) is 17.8 Å². The summed E-state index contributed by atoms with van der Waals surface area (Å²) in [5.41, 5.74) is 2.35. The molecule has 0 atom stereocenters. The maximum absolute atomic E-state index is 12.9. The molecule has 0 aliphatic carbocycles. The molecule has 2 amide bonds. The first kappa shape index (κ1) is 23.1. The molecule has 7 nitrogen and oxygen atoms in total. The molecule has 3 rings (SSSR count). The number of anilines is 1. The number of nitrogens with one attached hydrogen (secondary N) is 2. The molecule has 3 aromatic carbocycles. The number of carbonyl (C=O) groups is 2. The van der Waals surface area contributed by atoms with Gasteiger partial charge in [-0.25, -0.2) is 0 Å². The van der Waals surface area contributed by atoms with Crippen LogP contribution in [0.15, 0.2) is 65.1 Å². The SMILES string of the molecule is COc1cc(C(=O)Nc2ccc(C(=O)NCc3ccccc3)cc2)c(Br)c(OC)c1OC. The Hall–Kier alpha value is -3.52. The third-order valence-corrected chi connectivity index (χ3v) is 5.50. The summed E-state index contributed by atoms with van der Waals surface area (Å²) in [6.07, 6.45) is 0. The molecule has 166 valence electrons. The predicted molar refractivity (Wildman–Crippen MR) is 126 cm³/mol. The van der Waals surface area contributed by atoms with Crippen LogP contribution < -0.4 is 24.8 Å². The van der Waals surface area contributed by atoms with Crippen molar-refractivity contribution in [3.05, 3.63) is 81.8 Å². The molecule has 0 saturated carbocycles. The van der Waals surface area contributed by atoms with E-state index in [1.54, 1.807) is 30.3 Å². The van der Waals surface area contributed by atoms with Gasteiger partial charge in [0.25, 0.3) is 11.8 Å². The van der Waals surface area contributed by atoms with Gasteiger partial charge in [0.05, 0.1) is 31.4 Å². The van der Waals surface area contributed by atoms with Crippen LogP contribution in [0.2, 0.25) is 0 Å². The number of carbonyl (C=O) groups excluding carboxylic acids is 2. The van der Waals surface area contributed by atoms with Crippen molar-refractivity contribution in [2.75, 3.05) is 26.6 Å². The number of rotatable bonds is 8. The summed E-state index contributed by atoms with van der Waals surface area (Å²) in [6, 6.07) is 17.9. The van der Waals surface area contributed by atoms with Gasteiger partial charge in [-0.15, -0.1) is 0 Å². The quantitative estimate of drug-likeness (QED) is 0.471. The monoisotopic (exact) mass is 498 g/mol. The van der Waals surface area contributed by atoms with Gasteiger partial charge in [0.15, 0.2) is 11.5 Å². The summed E-state index contributed by atoms with van der Waals surface area (Å²) in [5.74, 6) is 0.520. The maximum Gasteiger partial charge on any atom is 0.257 e. The second-order valence-electron chi connectivity index (χ2n) is 6.71. The predicted octanol–water partition coefficient (Wildman–Crippen LogP) is 4.66. The van der Waals surface area contributed by atoms with E-state index in [-0.39, 0.29) is 11.8 Å². The van der Waals surface area contributed by atoms with Crippen molar-refractivity contribution >= 4 is 33.4 Å². The topological polar surface area (TPSA) is 85.9 Å². The molecule has 0 aliphatic rings. The minimum Gasteiger partial charge on any atom is -0.493 e. The molecule has 0 heterocycles. The number of benzene rings is 3. The maximum atomic E-state index is 12.9. The van der Waals surface area contributed by atoms with Crippen LogP contribution in [-0.2, 0) is 6.54 Å². The fraction of sp³-hybridized carbons (Fsp3) is 0.167. The number of halogens is 1. The smallest absolute Gasteiger partial charge is 0.257 e. The normalized spacial score (nSPS) is 10.2. The summed E-state index contributed by atoms with van der Waals surface area (Å²) >= 11 is 3.40. The Morgan fingerprint density at radius 2 is 1.50 bits per heavy atom. The zero-order chi connectivity index (χ0) is 23.1. The molecular weight excluding hydrogens is 476 g/mol. The largest absolute Gasteiger partial charge is 0.493 e. The molecule has 2 N–H and O–H groups in total. The first-order valence-corrected chi connectivity index (χ1v) is 10.5. The van der Waals surface area contributed by atoms with Gasteiger partial charge in [0.2, 0.25) is 5.75 Å². The standard InChI is InChI=1S/C24H23BrN2O5/c1-30-19-13-18(20(25)22(32-3)21(19)31-2)24(29)27-17-11-9-16(10-12-17)23(28)26-14-15-7-5-4-6-8-15/h4-13H,14H2,1-3H3,(H,26,28)(H,27,29). The van der Waals surface area contributed by atoms with E-state index < -0.39 is 0 Å². The van der Waals surface area contributed by atoms with Crippen LogP contribution >= 0.6 is 15.9 Å². The molecule has 8 heteroatoms. The molecular formula is C24H23BrN2O5. The van der Waals surface area contributed by atoms with Gasteiger partial charge in [-0.1, -0.05) is 30.3 Å². The van der Waals surface area contributed by atoms with Gasteiger partial charge in [-0.2, -0.15) is 0 Å². The van der Waals surface area contributed by atoms with Gasteiger partial charge in [-0.05, 0) is 51.8 Å². The lowest BCUT2D eigenvalue weighted by Gasteiger charge is -2.16. The molecule has 3 aromatic rings. The zero-order valence-electron chi connectivity index (χ0n) is 17.9. The van der Waals surface area contributed by atoms with Crippen molar-refractivity contribution in [3.63, 3.8) is 0 Å². The van der Waals surface area contributed by atoms with Crippen molar-refractivity contribution in [2.24, 2.45) is 0 Å². The highest BCUT2D eigenvalue weighted by Gasteiger charge is 2.23. The highest BCUT2D eigenvalue weighted by molar-refractivity contribution is 9.10. The molecule has 0 unspecified atom stereocenters. The second-order valence-corrected chi connectivity index (χ2v) is 7.50. The lowest BCUT2D eigenvalue weighted by molar-refractivity contribution is 0.0950. The van der Waals surface area contributed by atoms with Gasteiger partial charge in [-0.3, -0.25) is 9.59 Å². The lowest BCUT2D eigenvalue weighted by atomic mass is 10.1. The Balaban J connectivity index is 1.71. The van der Waals surface area contributed by atoms with Crippen LogP contribution in [0, 0.1) is 0 Å². The number of hydrogen-bond acceptors (Lipinski definition) is 5. The van der Waals surface area contributed by atoms with E-state index in [1.165, 1.54) is 21.3 Å². The van der Waals surface area contributed by atoms with Crippen molar-refractivity contribution < 1.29 is 23.8 Å². The first-order valence-electron chi connectivity index (χ1n) is 9.70. The van der Waals surface area contributed by atoms with Gasteiger partial charge >= 0.3 is 0 Å². The van der Waals surface area contributed by atoms with Crippen LogP contribution in [0.1, 0.15) is 26.3 Å². The third-order valence-electron chi connectivity index (χ3n) is 4.71. The van der Waals surface area contributed by atoms with E-state index in [2.05, 4.69) is 26.6 Å². The van der Waals surface area contributed by atoms with Crippen LogP contribution in [-0.4, -0.2) is 33.1 Å². The molecule has 0 radical (unpaired) electrons. The van der Waals surface area contributed by atoms with Crippen LogP contribution in [0.5, 0.6) is 17.2 Å². The van der Waals surface area contributed by atoms with Crippen LogP contribution in [0.25, 0.3) is 0 Å². The number of ether oxygens (including phenoxy) is 3. The molecule has 0 spiro atoms. The number of methoxy groups -OCH3 is 3. The summed E-state index contributed by atoms with van der Waals surface area (Å²) in [6.45, 7) is 0.438. The van der Waals surface area contributed by atoms with E-state index >= 15 is 0 Å². The van der Waals surface area contributed by atoms with Crippen molar-refractivity contribution in [2.45, 2.75) is 6.54 Å². The summed E-state index contributed by atoms with van der Waals surface area (Å²) in [7, 11) is 4.45. The third kappa shape index (κ3) is 5.20. The Kier molecular flexibility index (Phi) is 7.72. The van der Waals surface area contributed by atoms with Crippen LogP contribution in [0.3, 0.4) is 0 Å². The Morgan fingerprint density at radius 3 is 2.09 bits per heavy atom. The average molecular weight is 499 g/mol. The fourth-order valence-electron chi connectivity index (χ4n) is 3.07. The highest BCUT2D eigenvalue weighted by atomic mass is 79.9. The minimum atomic E-state index is -0.377. The van der Waals surface area contributed by atoms with Crippen LogP contribution in [0.4, 0.5) is 5.69 Å². The zero-order valence-corrected chi connectivity index (χ0v) is 19.5. The summed E-state index contributed by atoms with van der Waals surface area (Å²) in [4.78, 5) is 25.3. The Morgan fingerprint density at radius 1 is 0.844 bits per heavy atom. The van der Waals surface area contributed by atoms with E-state index in [1.807, 2.05) is 30.3 Å². The Labute approximate surface area is 194 Å². The van der Waals surface area contributed by atoms with E-state index in [0.717, 1.165) is 5.56 Å². The highest BCUT2D eigenvalue weighted by Crippen LogP contribution is 2.44. The molecule has 0 aliphatic heterocycles. The van der Waals surface area contributed by atoms with E-state index in [9.17, 15) is 9.59 Å². The van der Waals surface area contributed by atoms with Gasteiger partial charge in [0.1, 0.15) is 0 Å². The number of amides is 2. The van der Waals surface area contributed by atoms with E-state index in [0.29, 0.717) is 45.1 Å². The molecule has 0 aromatic heterocycles. The summed E-state index contributed by atoms with van der Waals surface area (Å²) < 4.78 is 16.5. The molecule has 0 saturated heterocycles. The Bertz CT molecular complexity index is 1100. The van der Waals surface area contributed by atoms with Crippen molar-refractivity contribution in [1.29, 1.82) is 0 Å². The van der Waals surface area contributed by atoms with E-state index in [4.69, 9.17) is 14.2 Å². The van der Waals surface area contributed by atoms with Crippen molar-refractivity contribution in [3.8, 4) is 17.2 Å². The fourth-order valence-corrected chi connectivity index (χ4v) is 3.71.